The summed E-state index contributed by atoms with van der Waals surface area (Å²) in [5.74, 6) is -0.253. The number of aryl methyl sites for hydroxylation is 1. The summed E-state index contributed by atoms with van der Waals surface area (Å²) in [6, 6.07) is 5.39. The number of ether oxygens (including phenoxy) is 1. The molecule has 0 fully saturated rings. The van der Waals surface area contributed by atoms with Gasteiger partial charge in [-0.2, -0.15) is 0 Å². The van der Waals surface area contributed by atoms with E-state index in [0.29, 0.717) is 18.6 Å². The normalized spacial score (nSPS) is 9.94. The zero-order chi connectivity index (χ0) is 12.1. The molecule has 0 saturated carbocycles. The average Bonchev–Trinajstić information content (AvgIpc) is 2.15. The maximum Gasteiger partial charge on any atom is 0.338 e. The van der Waals surface area contributed by atoms with E-state index in [9.17, 15) is 9.59 Å². The first kappa shape index (κ1) is 12.4. The Bertz CT molecular complexity index is 408. The second kappa shape index (κ2) is 5.45. The third-order valence-electron chi connectivity index (χ3n) is 2.10. The van der Waals surface area contributed by atoms with E-state index < -0.39 is 0 Å². The molecule has 0 spiro atoms. The molecule has 0 N–H and O–H groups in total. The lowest BCUT2D eigenvalue weighted by atomic mass is 10.0. The Morgan fingerprint density at radius 2 is 1.94 bits per heavy atom. The van der Waals surface area contributed by atoms with Gasteiger partial charge in [-0.15, -0.1) is 0 Å². The highest BCUT2D eigenvalue weighted by Crippen LogP contribution is 2.12. The zero-order valence-electron chi connectivity index (χ0n) is 9.87. The van der Waals surface area contributed by atoms with Crippen molar-refractivity contribution in [2.75, 3.05) is 6.61 Å². The molecular weight excluding hydrogens is 204 g/mol. The minimum Gasteiger partial charge on any atom is -0.462 e. The highest BCUT2D eigenvalue weighted by Gasteiger charge is 2.09. The van der Waals surface area contributed by atoms with Crippen molar-refractivity contribution >= 4 is 11.8 Å². The number of carbonyl (C=O) groups excluding carboxylic acids is 2. The van der Waals surface area contributed by atoms with Gasteiger partial charge in [-0.1, -0.05) is 6.07 Å². The van der Waals surface area contributed by atoms with Crippen molar-refractivity contribution in [1.82, 2.24) is 0 Å². The Labute approximate surface area is 95.4 Å². The molecule has 3 heteroatoms. The lowest BCUT2D eigenvalue weighted by Crippen LogP contribution is -2.06. The molecule has 3 nitrogen and oxygen atoms in total. The highest BCUT2D eigenvalue weighted by atomic mass is 16.5. The molecule has 0 heterocycles. The van der Waals surface area contributed by atoms with Gasteiger partial charge >= 0.3 is 5.97 Å². The minimum atomic E-state index is -0.337. The second-order valence-corrected chi connectivity index (χ2v) is 3.81. The number of carbonyl (C=O) groups is 2. The molecule has 0 unspecified atom stereocenters. The van der Waals surface area contributed by atoms with Crippen LogP contribution in [0.5, 0.6) is 0 Å². The fourth-order valence-corrected chi connectivity index (χ4v) is 1.58. The standard InChI is InChI=1S/C13H16O3/c1-4-16-13(15)12-6-9(2)5-11(8-12)7-10(3)14/h5-6,8H,4,7H2,1-3H3. The van der Waals surface area contributed by atoms with Gasteiger partial charge in [0.2, 0.25) is 0 Å². The quantitative estimate of drug-likeness (QED) is 0.731. The molecule has 0 aliphatic heterocycles. The Morgan fingerprint density at radius 1 is 1.25 bits per heavy atom. The van der Waals surface area contributed by atoms with Crippen LogP contribution in [0.1, 0.15) is 35.3 Å². The van der Waals surface area contributed by atoms with Crippen molar-refractivity contribution < 1.29 is 14.3 Å². The molecule has 16 heavy (non-hydrogen) atoms. The van der Waals surface area contributed by atoms with Gasteiger partial charge in [-0.05, 0) is 44.0 Å². The van der Waals surface area contributed by atoms with E-state index >= 15 is 0 Å². The van der Waals surface area contributed by atoms with Gasteiger partial charge < -0.3 is 4.74 Å². The Hall–Kier alpha value is -1.64. The molecule has 0 aliphatic rings. The molecule has 0 aromatic heterocycles. The Kier molecular flexibility index (Phi) is 4.23. The number of rotatable bonds is 4. The summed E-state index contributed by atoms with van der Waals surface area (Å²) >= 11 is 0. The predicted octanol–water partition coefficient (Wildman–Crippen LogP) is 2.30. The maximum atomic E-state index is 11.5. The molecule has 0 radical (unpaired) electrons. The SMILES string of the molecule is CCOC(=O)c1cc(C)cc(CC(C)=O)c1. The van der Waals surface area contributed by atoms with Crippen molar-refractivity contribution in [2.45, 2.75) is 27.2 Å². The minimum absolute atomic E-state index is 0.0837. The Morgan fingerprint density at radius 3 is 2.50 bits per heavy atom. The second-order valence-electron chi connectivity index (χ2n) is 3.81. The van der Waals surface area contributed by atoms with Crippen molar-refractivity contribution in [1.29, 1.82) is 0 Å². The number of Topliss-reactive ketones (excluding diaryl/α,β-unsaturated/α-hetero) is 1. The number of ketones is 1. The molecular formula is C13H16O3. The molecule has 1 rings (SSSR count). The molecule has 0 saturated heterocycles. The summed E-state index contributed by atoms with van der Waals surface area (Å²) in [6.07, 6.45) is 0.355. The number of esters is 1. The third-order valence-corrected chi connectivity index (χ3v) is 2.10. The van der Waals surface area contributed by atoms with Crippen LogP contribution < -0.4 is 0 Å². The van der Waals surface area contributed by atoms with Crippen LogP contribution in [0.3, 0.4) is 0 Å². The summed E-state index contributed by atoms with van der Waals surface area (Å²) in [6.45, 7) is 5.55. The highest BCUT2D eigenvalue weighted by molar-refractivity contribution is 5.90. The van der Waals surface area contributed by atoms with Gasteiger partial charge in [0.15, 0.2) is 0 Å². The van der Waals surface area contributed by atoms with Gasteiger partial charge in [0, 0.05) is 6.42 Å². The summed E-state index contributed by atoms with van der Waals surface area (Å²) in [5, 5.41) is 0. The number of benzene rings is 1. The van der Waals surface area contributed by atoms with Crippen LogP contribution in [-0.4, -0.2) is 18.4 Å². The van der Waals surface area contributed by atoms with E-state index in [2.05, 4.69) is 0 Å². The topological polar surface area (TPSA) is 43.4 Å². The van der Waals surface area contributed by atoms with Crippen LogP contribution in [0, 0.1) is 6.92 Å². The Balaban J connectivity index is 2.97. The monoisotopic (exact) mass is 220 g/mol. The van der Waals surface area contributed by atoms with Crippen molar-refractivity contribution in [3.05, 3.63) is 34.9 Å². The maximum absolute atomic E-state index is 11.5. The average molecular weight is 220 g/mol. The van der Waals surface area contributed by atoms with Gasteiger partial charge in [0.1, 0.15) is 5.78 Å². The van der Waals surface area contributed by atoms with Gasteiger partial charge in [0.05, 0.1) is 12.2 Å². The van der Waals surface area contributed by atoms with Crippen molar-refractivity contribution in [2.24, 2.45) is 0 Å². The smallest absolute Gasteiger partial charge is 0.338 e. The molecule has 1 aromatic carbocycles. The van der Waals surface area contributed by atoms with Gasteiger partial charge in [-0.3, -0.25) is 4.79 Å². The summed E-state index contributed by atoms with van der Waals surface area (Å²) in [7, 11) is 0. The first-order valence-electron chi connectivity index (χ1n) is 5.30. The van der Waals surface area contributed by atoms with E-state index in [1.165, 1.54) is 6.92 Å². The van der Waals surface area contributed by atoms with Crippen LogP contribution in [-0.2, 0) is 16.0 Å². The lowest BCUT2D eigenvalue weighted by molar-refractivity contribution is -0.116. The molecule has 0 bridgehead atoms. The lowest BCUT2D eigenvalue weighted by Gasteiger charge is -2.06. The van der Waals surface area contributed by atoms with E-state index in [1.54, 1.807) is 19.1 Å². The van der Waals surface area contributed by atoms with Crippen LogP contribution in [0.4, 0.5) is 0 Å². The van der Waals surface area contributed by atoms with Gasteiger partial charge in [0.25, 0.3) is 0 Å². The first-order chi connectivity index (χ1) is 7.52. The van der Waals surface area contributed by atoms with Gasteiger partial charge in [-0.25, -0.2) is 4.79 Å². The van der Waals surface area contributed by atoms with Crippen LogP contribution in [0.2, 0.25) is 0 Å². The van der Waals surface area contributed by atoms with E-state index in [-0.39, 0.29) is 11.8 Å². The van der Waals surface area contributed by atoms with E-state index in [1.807, 2.05) is 13.0 Å². The third kappa shape index (κ3) is 3.50. The predicted molar refractivity (Wildman–Crippen MR) is 61.5 cm³/mol. The first-order valence-corrected chi connectivity index (χ1v) is 5.30. The van der Waals surface area contributed by atoms with Crippen LogP contribution in [0.15, 0.2) is 18.2 Å². The van der Waals surface area contributed by atoms with Crippen LogP contribution >= 0.6 is 0 Å². The van der Waals surface area contributed by atoms with Crippen LogP contribution in [0.25, 0.3) is 0 Å². The largest absolute Gasteiger partial charge is 0.462 e. The molecule has 0 aliphatic carbocycles. The van der Waals surface area contributed by atoms with E-state index in [4.69, 9.17) is 4.74 Å². The van der Waals surface area contributed by atoms with E-state index in [0.717, 1.165) is 11.1 Å². The molecule has 1 aromatic rings. The molecule has 0 amide bonds. The fourth-order valence-electron chi connectivity index (χ4n) is 1.58. The van der Waals surface area contributed by atoms with Crippen molar-refractivity contribution in [3.8, 4) is 0 Å². The van der Waals surface area contributed by atoms with Crippen molar-refractivity contribution in [3.63, 3.8) is 0 Å². The zero-order valence-corrected chi connectivity index (χ0v) is 9.87. The summed E-state index contributed by atoms with van der Waals surface area (Å²) in [5.41, 5.74) is 2.33. The number of hydrogen-bond donors (Lipinski definition) is 0. The fraction of sp³-hybridized carbons (Fsp3) is 0.385. The summed E-state index contributed by atoms with van der Waals surface area (Å²) < 4.78 is 4.92. The summed E-state index contributed by atoms with van der Waals surface area (Å²) in [4.78, 5) is 22.5. The number of hydrogen-bond acceptors (Lipinski definition) is 3. The molecule has 0 atom stereocenters. The molecule has 86 valence electrons.